The number of pyridine rings is 1. The Morgan fingerprint density at radius 3 is 3.00 bits per heavy atom. The van der Waals surface area contributed by atoms with Crippen LogP contribution in [-0.2, 0) is 0 Å². The third kappa shape index (κ3) is 1.32. The van der Waals surface area contributed by atoms with Crippen molar-refractivity contribution in [2.24, 2.45) is 0 Å². The Kier molecular flexibility index (Phi) is 1.50. The number of aromatic nitrogens is 1. The minimum absolute atomic E-state index is 0.816. The first-order valence-electron chi connectivity index (χ1n) is 3.98. The molecule has 0 atom stereocenters. The molecule has 1 aromatic rings. The summed E-state index contributed by atoms with van der Waals surface area (Å²) in [4.78, 5) is 4.15. The molecule has 0 amide bonds. The number of hydrogen-bond donors (Lipinski definition) is 0. The molecule has 1 nitrogen and oxygen atoms in total. The van der Waals surface area contributed by atoms with Gasteiger partial charge in [0.05, 0.1) is 5.69 Å². The zero-order chi connectivity index (χ0) is 7.68. The molecule has 0 saturated heterocycles. The molecule has 1 heterocycles. The molecule has 0 unspecified atom stereocenters. The summed E-state index contributed by atoms with van der Waals surface area (Å²) in [5.41, 5.74) is 2.42. The summed E-state index contributed by atoms with van der Waals surface area (Å²) in [5, 5.41) is 0. The fraction of sp³-hybridized carbons (Fsp3) is 0.300. The molecular weight excluding hydrogens is 134 g/mol. The van der Waals surface area contributed by atoms with Crippen molar-refractivity contribution in [2.75, 3.05) is 0 Å². The van der Waals surface area contributed by atoms with Crippen molar-refractivity contribution < 1.29 is 0 Å². The topological polar surface area (TPSA) is 12.9 Å². The van der Waals surface area contributed by atoms with Crippen LogP contribution in [0.5, 0.6) is 0 Å². The second-order valence-electron chi connectivity index (χ2n) is 2.99. The van der Waals surface area contributed by atoms with E-state index in [1.54, 1.807) is 6.08 Å². The van der Waals surface area contributed by atoms with E-state index in [9.17, 15) is 0 Å². The van der Waals surface area contributed by atoms with E-state index in [0.717, 1.165) is 11.6 Å². The maximum Gasteiger partial charge on any atom is 0.0626 e. The van der Waals surface area contributed by atoms with Crippen LogP contribution in [0.2, 0.25) is 0 Å². The normalized spacial score (nSPS) is 16.4. The van der Waals surface area contributed by atoms with Crippen LogP contribution in [0.15, 0.2) is 24.9 Å². The van der Waals surface area contributed by atoms with Gasteiger partial charge in [-0.15, -0.1) is 0 Å². The van der Waals surface area contributed by atoms with Gasteiger partial charge in [0.15, 0.2) is 0 Å². The van der Waals surface area contributed by atoms with Gasteiger partial charge in [0.25, 0.3) is 0 Å². The van der Waals surface area contributed by atoms with E-state index in [4.69, 9.17) is 0 Å². The van der Waals surface area contributed by atoms with Crippen LogP contribution >= 0.6 is 0 Å². The predicted octanol–water partition coefficient (Wildman–Crippen LogP) is 2.60. The van der Waals surface area contributed by atoms with E-state index in [2.05, 4.69) is 23.7 Å². The highest BCUT2D eigenvalue weighted by Gasteiger charge is 2.23. The molecule has 11 heavy (non-hydrogen) atoms. The monoisotopic (exact) mass is 145 g/mol. The van der Waals surface area contributed by atoms with Gasteiger partial charge in [0.2, 0.25) is 0 Å². The standard InChI is InChI=1S/C10H11N/c1-2-10-7-9(5-6-11-10)8-3-4-8/h2,5-8H,1,3-4H2. The Bertz CT molecular complexity index is 274. The fourth-order valence-electron chi connectivity index (χ4n) is 1.25. The quantitative estimate of drug-likeness (QED) is 0.623. The summed E-state index contributed by atoms with van der Waals surface area (Å²) in [7, 11) is 0. The van der Waals surface area contributed by atoms with Crippen molar-refractivity contribution in [1.29, 1.82) is 0 Å². The van der Waals surface area contributed by atoms with E-state index in [0.29, 0.717) is 0 Å². The number of hydrogen-bond acceptors (Lipinski definition) is 1. The molecule has 0 spiro atoms. The molecule has 1 aromatic heterocycles. The third-order valence-electron chi connectivity index (χ3n) is 2.06. The predicted molar refractivity (Wildman–Crippen MR) is 46.3 cm³/mol. The number of rotatable bonds is 2. The van der Waals surface area contributed by atoms with Gasteiger partial charge in [-0.05, 0) is 42.5 Å². The van der Waals surface area contributed by atoms with Crippen LogP contribution in [0.4, 0.5) is 0 Å². The summed E-state index contributed by atoms with van der Waals surface area (Å²) < 4.78 is 0. The van der Waals surface area contributed by atoms with Crippen molar-refractivity contribution in [2.45, 2.75) is 18.8 Å². The van der Waals surface area contributed by atoms with Gasteiger partial charge in [-0.1, -0.05) is 6.58 Å². The summed E-state index contributed by atoms with van der Waals surface area (Å²) in [5.74, 6) is 0.816. The third-order valence-corrected chi connectivity index (χ3v) is 2.06. The van der Waals surface area contributed by atoms with Gasteiger partial charge in [0.1, 0.15) is 0 Å². The largest absolute Gasteiger partial charge is 0.257 e. The Hall–Kier alpha value is -1.11. The Morgan fingerprint density at radius 1 is 1.55 bits per heavy atom. The zero-order valence-electron chi connectivity index (χ0n) is 6.46. The van der Waals surface area contributed by atoms with Crippen molar-refractivity contribution in [1.82, 2.24) is 4.98 Å². The Labute approximate surface area is 66.8 Å². The van der Waals surface area contributed by atoms with Crippen molar-refractivity contribution >= 4 is 6.08 Å². The van der Waals surface area contributed by atoms with E-state index in [-0.39, 0.29) is 0 Å². The molecule has 1 aliphatic carbocycles. The fourth-order valence-corrected chi connectivity index (χ4v) is 1.25. The lowest BCUT2D eigenvalue weighted by molar-refractivity contribution is 1.10. The lowest BCUT2D eigenvalue weighted by Gasteiger charge is -1.97. The first-order chi connectivity index (χ1) is 5.40. The van der Waals surface area contributed by atoms with Crippen LogP contribution in [0.3, 0.4) is 0 Å². The minimum atomic E-state index is 0.816. The molecule has 1 fully saturated rings. The lowest BCUT2D eigenvalue weighted by Crippen LogP contribution is -1.83. The molecule has 0 radical (unpaired) electrons. The lowest BCUT2D eigenvalue weighted by atomic mass is 10.1. The zero-order valence-corrected chi connectivity index (χ0v) is 6.46. The van der Waals surface area contributed by atoms with E-state index >= 15 is 0 Å². The highest BCUT2D eigenvalue weighted by molar-refractivity contribution is 5.43. The van der Waals surface area contributed by atoms with Crippen molar-refractivity contribution in [3.63, 3.8) is 0 Å². The van der Waals surface area contributed by atoms with Crippen LogP contribution in [0.25, 0.3) is 6.08 Å². The van der Waals surface area contributed by atoms with Crippen LogP contribution in [0, 0.1) is 0 Å². The molecule has 0 bridgehead atoms. The highest BCUT2D eigenvalue weighted by atomic mass is 14.7. The molecule has 0 aliphatic heterocycles. The first kappa shape index (κ1) is 6.59. The minimum Gasteiger partial charge on any atom is -0.257 e. The van der Waals surface area contributed by atoms with Gasteiger partial charge >= 0.3 is 0 Å². The Balaban J connectivity index is 2.33. The van der Waals surface area contributed by atoms with Crippen LogP contribution < -0.4 is 0 Å². The summed E-state index contributed by atoms with van der Waals surface area (Å²) in [6.07, 6.45) is 6.36. The molecule has 1 saturated carbocycles. The van der Waals surface area contributed by atoms with Crippen LogP contribution in [-0.4, -0.2) is 4.98 Å². The average molecular weight is 145 g/mol. The summed E-state index contributed by atoms with van der Waals surface area (Å²) in [6.45, 7) is 3.69. The van der Waals surface area contributed by atoms with Crippen LogP contribution in [0.1, 0.15) is 30.0 Å². The maximum absolute atomic E-state index is 4.15. The van der Waals surface area contributed by atoms with E-state index in [1.165, 1.54) is 18.4 Å². The van der Waals surface area contributed by atoms with Crippen molar-refractivity contribution in [3.8, 4) is 0 Å². The maximum atomic E-state index is 4.15. The molecule has 56 valence electrons. The second-order valence-corrected chi connectivity index (χ2v) is 2.99. The molecular formula is C10H11N. The number of nitrogens with zero attached hydrogens (tertiary/aromatic N) is 1. The van der Waals surface area contributed by atoms with Gasteiger partial charge in [-0.2, -0.15) is 0 Å². The van der Waals surface area contributed by atoms with E-state index in [1.807, 2.05) is 6.20 Å². The summed E-state index contributed by atoms with van der Waals surface area (Å²) in [6, 6.07) is 4.23. The Morgan fingerprint density at radius 2 is 2.36 bits per heavy atom. The van der Waals surface area contributed by atoms with Crippen molar-refractivity contribution in [3.05, 3.63) is 36.2 Å². The highest BCUT2D eigenvalue weighted by Crippen LogP contribution is 2.39. The first-order valence-corrected chi connectivity index (χ1v) is 3.98. The summed E-state index contributed by atoms with van der Waals surface area (Å²) >= 11 is 0. The molecule has 0 aromatic carbocycles. The smallest absolute Gasteiger partial charge is 0.0626 e. The average Bonchev–Trinajstić information content (AvgIpc) is 2.87. The SMILES string of the molecule is C=Cc1cc(C2CC2)ccn1. The van der Waals surface area contributed by atoms with Gasteiger partial charge in [-0.3, -0.25) is 4.98 Å². The molecule has 1 aliphatic rings. The molecule has 1 heteroatoms. The van der Waals surface area contributed by atoms with Gasteiger partial charge < -0.3 is 0 Å². The van der Waals surface area contributed by atoms with Gasteiger partial charge in [-0.25, -0.2) is 0 Å². The second kappa shape index (κ2) is 2.50. The van der Waals surface area contributed by atoms with E-state index < -0.39 is 0 Å². The molecule has 2 rings (SSSR count). The molecule has 0 N–H and O–H groups in total. The van der Waals surface area contributed by atoms with Gasteiger partial charge in [0, 0.05) is 6.20 Å².